The summed E-state index contributed by atoms with van der Waals surface area (Å²) < 4.78 is 4.99. The highest BCUT2D eigenvalue weighted by molar-refractivity contribution is 7.80. The Bertz CT molecular complexity index is 367. The summed E-state index contributed by atoms with van der Waals surface area (Å²) in [5.41, 5.74) is 0.911. The van der Waals surface area contributed by atoms with Crippen LogP contribution in [-0.4, -0.2) is 18.3 Å². The molecule has 0 heterocycles. The predicted octanol–water partition coefficient (Wildman–Crippen LogP) is 3.18. The number of hydrogen-bond donors (Lipinski definition) is 2. The van der Waals surface area contributed by atoms with E-state index < -0.39 is 0 Å². The van der Waals surface area contributed by atoms with Gasteiger partial charge in [-0.15, -0.1) is 0 Å². The molecule has 0 unspecified atom stereocenters. The Kier molecular flexibility index (Phi) is 6.43. The van der Waals surface area contributed by atoms with E-state index in [2.05, 4.69) is 17.2 Å². The van der Waals surface area contributed by atoms with Crippen molar-refractivity contribution in [3.05, 3.63) is 42.1 Å². The van der Waals surface area contributed by atoms with E-state index in [0.29, 0.717) is 16.7 Å². The standard InChI is InChI=1S/C12H15ClN2OS/c1-2-16-9-3-8-14-12(17)15-11-6-4-10(13)5-7-11/h2,4-7H,1,3,8-9H2,(H2,14,15,17). The van der Waals surface area contributed by atoms with Crippen LogP contribution in [0.3, 0.4) is 0 Å². The number of nitrogens with one attached hydrogen (secondary N) is 2. The molecular formula is C12H15ClN2OS. The molecule has 1 rings (SSSR count). The fourth-order valence-electron chi connectivity index (χ4n) is 1.15. The summed E-state index contributed by atoms with van der Waals surface area (Å²) in [5, 5.41) is 7.43. The van der Waals surface area contributed by atoms with Gasteiger partial charge < -0.3 is 15.4 Å². The monoisotopic (exact) mass is 270 g/mol. The molecule has 1 aromatic carbocycles. The summed E-state index contributed by atoms with van der Waals surface area (Å²) in [7, 11) is 0. The second-order valence-corrected chi connectivity index (χ2v) is 4.12. The highest BCUT2D eigenvalue weighted by atomic mass is 35.5. The third-order valence-electron chi connectivity index (χ3n) is 1.94. The maximum Gasteiger partial charge on any atom is 0.170 e. The van der Waals surface area contributed by atoms with Crippen LogP contribution in [0.2, 0.25) is 5.02 Å². The lowest BCUT2D eigenvalue weighted by atomic mass is 10.3. The Balaban J connectivity index is 2.20. The molecule has 0 spiro atoms. The van der Waals surface area contributed by atoms with Crippen LogP contribution in [0.1, 0.15) is 6.42 Å². The average Bonchev–Trinajstić information content (AvgIpc) is 2.32. The number of thiocarbonyl (C=S) groups is 1. The Morgan fingerprint density at radius 2 is 2.12 bits per heavy atom. The minimum Gasteiger partial charge on any atom is -0.502 e. The van der Waals surface area contributed by atoms with Crippen molar-refractivity contribution < 1.29 is 4.74 Å². The van der Waals surface area contributed by atoms with Gasteiger partial charge in [0, 0.05) is 17.3 Å². The van der Waals surface area contributed by atoms with Crippen molar-refractivity contribution in [3.63, 3.8) is 0 Å². The van der Waals surface area contributed by atoms with E-state index in [1.165, 1.54) is 6.26 Å². The molecule has 0 atom stereocenters. The molecule has 0 fully saturated rings. The van der Waals surface area contributed by atoms with Crippen LogP contribution in [0.5, 0.6) is 0 Å². The van der Waals surface area contributed by atoms with Crippen LogP contribution in [0.4, 0.5) is 5.69 Å². The normalized spacial score (nSPS) is 9.47. The fourth-order valence-corrected chi connectivity index (χ4v) is 1.50. The lowest BCUT2D eigenvalue weighted by Crippen LogP contribution is -2.29. The fraction of sp³-hybridized carbons (Fsp3) is 0.250. The summed E-state index contributed by atoms with van der Waals surface area (Å²) in [6.45, 7) is 4.86. The smallest absolute Gasteiger partial charge is 0.170 e. The molecule has 92 valence electrons. The zero-order chi connectivity index (χ0) is 12.5. The van der Waals surface area contributed by atoms with Gasteiger partial charge in [0.25, 0.3) is 0 Å². The molecule has 0 amide bonds. The minimum absolute atomic E-state index is 0.589. The van der Waals surface area contributed by atoms with Gasteiger partial charge in [-0.25, -0.2) is 0 Å². The molecule has 3 nitrogen and oxygen atoms in total. The zero-order valence-corrected chi connectivity index (χ0v) is 11.0. The second-order valence-electron chi connectivity index (χ2n) is 3.28. The Morgan fingerprint density at radius 1 is 1.41 bits per heavy atom. The highest BCUT2D eigenvalue weighted by Gasteiger charge is 1.96. The lowest BCUT2D eigenvalue weighted by Gasteiger charge is -2.10. The average molecular weight is 271 g/mol. The van der Waals surface area contributed by atoms with Crippen molar-refractivity contribution in [2.24, 2.45) is 0 Å². The summed E-state index contributed by atoms with van der Waals surface area (Å²) >= 11 is 10.9. The van der Waals surface area contributed by atoms with Gasteiger partial charge in [-0.1, -0.05) is 18.2 Å². The van der Waals surface area contributed by atoms with Crippen molar-refractivity contribution in [2.45, 2.75) is 6.42 Å². The topological polar surface area (TPSA) is 33.3 Å². The lowest BCUT2D eigenvalue weighted by molar-refractivity contribution is 0.247. The van der Waals surface area contributed by atoms with Gasteiger partial charge in [-0.3, -0.25) is 0 Å². The van der Waals surface area contributed by atoms with Crippen LogP contribution < -0.4 is 10.6 Å². The first-order chi connectivity index (χ1) is 8.22. The van der Waals surface area contributed by atoms with E-state index in [1.807, 2.05) is 24.3 Å². The molecule has 2 N–H and O–H groups in total. The summed E-state index contributed by atoms with van der Waals surface area (Å²) in [6.07, 6.45) is 2.30. The van der Waals surface area contributed by atoms with Gasteiger partial charge in [0.15, 0.2) is 5.11 Å². The van der Waals surface area contributed by atoms with Gasteiger partial charge in [0.2, 0.25) is 0 Å². The van der Waals surface area contributed by atoms with Crippen molar-refractivity contribution in [3.8, 4) is 0 Å². The first-order valence-corrected chi connectivity index (χ1v) is 6.04. The molecule has 0 radical (unpaired) electrons. The molecule has 0 bridgehead atoms. The second kappa shape index (κ2) is 7.92. The molecule has 0 aromatic heterocycles. The number of rotatable bonds is 6. The third kappa shape index (κ3) is 6.14. The van der Waals surface area contributed by atoms with Crippen molar-refractivity contribution in [1.29, 1.82) is 0 Å². The Morgan fingerprint density at radius 3 is 2.76 bits per heavy atom. The van der Waals surface area contributed by atoms with Crippen LogP contribution in [-0.2, 0) is 4.74 Å². The maximum atomic E-state index is 5.78. The first kappa shape index (κ1) is 13.8. The summed E-state index contributed by atoms with van der Waals surface area (Å²) in [6, 6.07) is 7.36. The van der Waals surface area contributed by atoms with E-state index in [0.717, 1.165) is 18.7 Å². The van der Waals surface area contributed by atoms with Crippen molar-refractivity contribution >= 4 is 34.6 Å². The number of benzene rings is 1. The Labute approximate surface area is 112 Å². The summed E-state index contributed by atoms with van der Waals surface area (Å²) in [4.78, 5) is 0. The molecule has 17 heavy (non-hydrogen) atoms. The number of ether oxygens (including phenoxy) is 1. The molecule has 0 aliphatic heterocycles. The van der Waals surface area contributed by atoms with E-state index in [9.17, 15) is 0 Å². The first-order valence-electron chi connectivity index (χ1n) is 5.25. The van der Waals surface area contributed by atoms with Gasteiger partial charge in [0.1, 0.15) is 0 Å². The van der Waals surface area contributed by atoms with Gasteiger partial charge in [-0.05, 0) is 42.9 Å². The van der Waals surface area contributed by atoms with Gasteiger partial charge in [0.05, 0.1) is 12.9 Å². The van der Waals surface area contributed by atoms with Gasteiger partial charge in [-0.2, -0.15) is 0 Å². The van der Waals surface area contributed by atoms with Crippen LogP contribution in [0.25, 0.3) is 0 Å². The van der Waals surface area contributed by atoms with Crippen LogP contribution in [0, 0.1) is 0 Å². The van der Waals surface area contributed by atoms with Gasteiger partial charge >= 0.3 is 0 Å². The van der Waals surface area contributed by atoms with E-state index in [-0.39, 0.29) is 0 Å². The molecular weight excluding hydrogens is 256 g/mol. The third-order valence-corrected chi connectivity index (χ3v) is 2.44. The SMILES string of the molecule is C=COCCCNC(=S)Nc1ccc(Cl)cc1. The van der Waals surface area contributed by atoms with Crippen molar-refractivity contribution in [1.82, 2.24) is 5.32 Å². The van der Waals surface area contributed by atoms with E-state index >= 15 is 0 Å². The zero-order valence-electron chi connectivity index (χ0n) is 9.41. The number of halogens is 1. The van der Waals surface area contributed by atoms with Crippen LogP contribution in [0.15, 0.2) is 37.1 Å². The van der Waals surface area contributed by atoms with Crippen molar-refractivity contribution in [2.75, 3.05) is 18.5 Å². The number of hydrogen-bond acceptors (Lipinski definition) is 2. The minimum atomic E-state index is 0.589. The molecule has 0 saturated carbocycles. The quantitative estimate of drug-likeness (QED) is 0.473. The molecule has 0 saturated heterocycles. The predicted molar refractivity (Wildman–Crippen MR) is 76.4 cm³/mol. The Hall–Kier alpha value is -1.26. The highest BCUT2D eigenvalue weighted by Crippen LogP contribution is 2.12. The maximum absolute atomic E-state index is 5.78. The van der Waals surface area contributed by atoms with Crippen LogP contribution >= 0.6 is 23.8 Å². The molecule has 0 aliphatic rings. The molecule has 0 aliphatic carbocycles. The van der Waals surface area contributed by atoms with E-state index in [1.54, 1.807) is 0 Å². The molecule has 1 aromatic rings. The molecule has 5 heteroatoms. The summed E-state index contributed by atoms with van der Waals surface area (Å²) in [5.74, 6) is 0. The van der Waals surface area contributed by atoms with E-state index in [4.69, 9.17) is 28.6 Å². The largest absolute Gasteiger partial charge is 0.502 e. The number of anilines is 1.